The lowest BCUT2D eigenvalue weighted by atomic mass is 10.1. The van der Waals surface area contributed by atoms with Crippen molar-refractivity contribution in [2.45, 2.75) is 6.92 Å². The van der Waals surface area contributed by atoms with Crippen molar-refractivity contribution in [3.8, 4) is 5.75 Å². The van der Waals surface area contributed by atoms with Crippen LogP contribution in [0.25, 0.3) is 0 Å². The summed E-state index contributed by atoms with van der Waals surface area (Å²) >= 11 is 11.8. The standard InChI is InChI=1S/C17H15Cl2NO4/c1-10-3-6-15(23-2)12(7-10)17(22)24-9-16(21)20-14-8-11(18)4-5-13(14)19/h3-8H,9H2,1-2H3,(H,20,21). The van der Waals surface area contributed by atoms with Gasteiger partial charge in [0, 0.05) is 5.02 Å². The predicted molar refractivity (Wildman–Crippen MR) is 93.1 cm³/mol. The van der Waals surface area contributed by atoms with Gasteiger partial charge in [0.15, 0.2) is 6.61 Å². The first kappa shape index (κ1) is 18.1. The van der Waals surface area contributed by atoms with E-state index in [-0.39, 0.29) is 5.56 Å². The van der Waals surface area contributed by atoms with Gasteiger partial charge >= 0.3 is 5.97 Å². The smallest absolute Gasteiger partial charge is 0.342 e. The Morgan fingerprint density at radius 1 is 1.12 bits per heavy atom. The summed E-state index contributed by atoms with van der Waals surface area (Å²) in [5.74, 6) is -0.800. The van der Waals surface area contributed by atoms with E-state index in [9.17, 15) is 9.59 Å². The van der Waals surface area contributed by atoms with Crippen LogP contribution in [0.2, 0.25) is 10.0 Å². The maximum atomic E-state index is 12.1. The van der Waals surface area contributed by atoms with Crippen LogP contribution in [-0.2, 0) is 9.53 Å². The first-order chi connectivity index (χ1) is 11.4. The molecule has 0 aliphatic carbocycles. The fraction of sp³-hybridized carbons (Fsp3) is 0.176. The quantitative estimate of drug-likeness (QED) is 0.807. The van der Waals surface area contributed by atoms with Gasteiger partial charge in [0.05, 0.1) is 17.8 Å². The maximum Gasteiger partial charge on any atom is 0.342 e. The van der Waals surface area contributed by atoms with Crippen LogP contribution in [0.4, 0.5) is 5.69 Å². The second-order valence-electron chi connectivity index (χ2n) is 4.95. The molecule has 1 N–H and O–H groups in total. The van der Waals surface area contributed by atoms with E-state index in [1.54, 1.807) is 24.3 Å². The van der Waals surface area contributed by atoms with Crippen molar-refractivity contribution < 1.29 is 19.1 Å². The first-order valence-electron chi connectivity index (χ1n) is 6.97. The number of ether oxygens (including phenoxy) is 2. The predicted octanol–water partition coefficient (Wildman–Crippen LogP) is 4.11. The average molecular weight is 368 g/mol. The molecule has 0 fully saturated rings. The average Bonchev–Trinajstić information content (AvgIpc) is 2.56. The SMILES string of the molecule is COc1ccc(C)cc1C(=O)OCC(=O)Nc1cc(Cl)ccc1Cl. The lowest BCUT2D eigenvalue weighted by Gasteiger charge is -2.10. The highest BCUT2D eigenvalue weighted by molar-refractivity contribution is 6.35. The number of amides is 1. The maximum absolute atomic E-state index is 12.1. The molecule has 5 nitrogen and oxygen atoms in total. The van der Waals surface area contributed by atoms with E-state index in [1.165, 1.54) is 13.2 Å². The fourth-order valence-corrected chi connectivity index (χ4v) is 2.31. The zero-order valence-electron chi connectivity index (χ0n) is 13.1. The molecule has 0 atom stereocenters. The van der Waals surface area contributed by atoms with Crippen LogP contribution >= 0.6 is 23.2 Å². The summed E-state index contributed by atoms with van der Waals surface area (Å²) < 4.78 is 10.1. The second-order valence-corrected chi connectivity index (χ2v) is 5.80. The number of nitrogens with one attached hydrogen (secondary N) is 1. The molecule has 0 spiro atoms. The zero-order chi connectivity index (χ0) is 17.7. The summed E-state index contributed by atoms with van der Waals surface area (Å²) in [5.41, 5.74) is 1.47. The normalized spacial score (nSPS) is 10.2. The highest BCUT2D eigenvalue weighted by Gasteiger charge is 2.16. The molecule has 0 saturated carbocycles. The summed E-state index contributed by atoms with van der Waals surface area (Å²) in [6.45, 7) is 1.38. The van der Waals surface area contributed by atoms with Gasteiger partial charge < -0.3 is 14.8 Å². The number of esters is 1. The third-order valence-corrected chi connectivity index (χ3v) is 3.68. The molecule has 2 rings (SSSR count). The molecule has 0 aliphatic heterocycles. The number of carbonyl (C=O) groups excluding carboxylic acids is 2. The van der Waals surface area contributed by atoms with E-state index in [0.29, 0.717) is 21.5 Å². The Balaban J connectivity index is 2.00. The monoisotopic (exact) mass is 367 g/mol. The van der Waals surface area contributed by atoms with E-state index >= 15 is 0 Å². The number of methoxy groups -OCH3 is 1. The van der Waals surface area contributed by atoms with E-state index in [4.69, 9.17) is 32.7 Å². The minimum atomic E-state index is -0.650. The molecule has 0 heterocycles. The molecule has 0 bridgehead atoms. The Kier molecular flexibility index (Phi) is 6.06. The molecule has 0 aliphatic rings. The van der Waals surface area contributed by atoms with Gasteiger partial charge in [0.25, 0.3) is 5.91 Å². The minimum Gasteiger partial charge on any atom is -0.496 e. The van der Waals surface area contributed by atoms with Crippen molar-refractivity contribution in [2.24, 2.45) is 0 Å². The van der Waals surface area contributed by atoms with Crippen LogP contribution in [0.3, 0.4) is 0 Å². The van der Waals surface area contributed by atoms with Crippen LogP contribution in [-0.4, -0.2) is 25.6 Å². The van der Waals surface area contributed by atoms with Gasteiger partial charge in [0.1, 0.15) is 11.3 Å². The number of hydrogen-bond donors (Lipinski definition) is 1. The van der Waals surface area contributed by atoms with Crippen molar-refractivity contribution in [1.82, 2.24) is 0 Å². The van der Waals surface area contributed by atoms with Gasteiger partial charge in [-0.05, 0) is 37.3 Å². The van der Waals surface area contributed by atoms with Crippen molar-refractivity contribution >= 4 is 40.8 Å². The van der Waals surface area contributed by atoms with E-state index in [1.807, 2.05) is 13.0 Å². The van der Waals surface area contributed by atoms with Crippen LogP contribution in [0.1, 0.15) is 15.9 Å². The molecule has 0 aromatic heterocycles. The van der Waals surface area contributed by atoms with Crippen molar-refractivity contribution in [3.05, 3.63) is 57.6 Å². The highest BCUT2D eigenvalue weighted by Crippen LogP contribution is 2.25. The molecular formula is C17H15Cl2NO4. The number of rotatable bonds is 5. The summed E-state index contributed by atoms with van der Waals surface area (Å²) in [6.07, 6.45) is 0. The van der Waals surface area contributed by atoms with Crippen LogP contribution < -0.4 is 10.1 Å². The number of anilines is 1. The van der Waals surface area contributed by atoms with Gasteiger partial charge in [-0.3, -0.25) is 4.79 Å². The van der Waals surface area contributed by atoms with Crippen LogP contribution in [0, 0.1) is 6.92 Å². The number of benzene rings is 2. The Hall–Kier alpha value is -2.24. The number of hydrogen-bond acceptors (Lipinski definition) is 4. The molecule has 126 valence electrons. The van der Waals surface area contributed by atoms with Crippen LogP contribution in [0.15, 0.2) is 36.4 Å². The van der Waals surface area contributed by atoms with Gasteiger partial charge in [-0.1, -0.05) is 34.8 Å². The third kappa shape index (κ3) is 4.63. The van der Waals surface area contributed by atoms with Crippen molar-refractivity contribution in [3.63, 3.8) is 0 Å². The highest BCUT2D eigenvalue weighted by atomic mass is 35.5. The largest absolute Gasteiger partial charge is 0.496 e. The molecule has 1 amide bonds. The lowest BCUT2D eigenvalue weighted by Crippen LogP contribution is -2.21. The molecule has 24 heavy (non-hydrogen) atoms. The van der Waals surface area contributed by atoms with Crippen LogP contribution in [0.5, 0.6) is 5.75 Å². The molecule has 2 aromatic rings. The fourth-order valence-electron chi connectivity index (χ4n) is 1.97. The number of halogens is 2. The lowest BCUT2D eigenvalue weighted by molar-refractivity contribution is -0.119. The summed E-state index contributed by atoms with van der Waals surface area (Å²) in [7, 11) is 1.45. The number of carbonyl (C=O) groups is 2. The third-order valence-electron chi connectivity index (χ3n) is 3.11. The topological polar surface area (TPSA) is 64.6 Å². The van der Waals surface area contributed by atoms with Gasteiger partial charge in [-0.2, -0.15) is 0 Å². The Morgan fingerprint density at radius 2 is 1.88 bits per heavy atom. The molecule has 2 aromatic carbocycles. The van der Waals surface area contributed by atoms with E-state index in [0.717, 1.165) is 5.56 Å². The van der Waals surface area contributed by atoms with E-state index in [2.05, 4.69) is 5.32 Å². The summed E-state index contributed by atoms with van der Waals surface area (Å²) in [5, 5.41) is 3.29. The van der Waals surface area contributed by atoms with Gasteiger partial charge in [0.2, 0.25) is 0 Å². The molecule has 0 saturated heterocycles. The van der Waals surface area contributed by atoms with Crippen molar-refractivity contribution in [2.75, 3.05) is 19.0 Å². The Labute approximate surface area is 149 Å². The summed E-state index contributed by atoms with van der Waals surface area (Å²) in [4.78, 5) is 24.0. The molecule has 0 unspecified atom stereocenters. The second kappa shape index (κ2) is 8.04. The number of aryl methyl sites for hydroxylation is 1. The molecular weight excluding hydrogens is 353 g/mol. The summed E-state index contributed by atoms with van der Waals surface area (Å²) in [6, 6.07) is 9.77. The zero-order valence-corrected chi connectivity index (χ0v) is 14.6. The minimum absolute atomic E-state index is 0.256. The first-order valence-corrected chi connectivity index (χ1v) is 7.73. The van der Waals surface area contributed by atoms with Gasteiger partial charge in [-0.25, -0.2) is 4.79 Å². The van der Waals surface area contributed by atoms with Gasteiger partial charge in [-0.15, -0.1) is 0 Å². The Morgan fingerprint density at radius 3 is 2.58 bits per heavy atom. The molecule has 7 heteroatoms. The Bertz CT molecular complexity index is 777. The molecule has 0 radical (unpaired) electrons. The van der Waals surface area contributed by atoms with E-state index < -0.39 is 18.5 Å². The van der Waals surface area contributed by atoms with Crippen molar-refractivity contribution in [1.29, 1.82) is 0 Å².